The SMILES string of the molecule is NC1CCn2nc(-c3ccc(Br)o3)nc2C1. The molecule has 0 spiro atoms. The number of nitrogens with zero attached hydrogens (tertiary/aromatic N) is 3. The summed E-state index contributed by atoms with van der Waals surface area (Å²) in [7, 11) is 0. The second-order valence-corrected chi connectivity index (χ2v) is 4.71. The Labute approximate surface area is 101 Å². The standard InChI is InChI=1S/C10H11BrN4O/c11-8-2-1-7(16-8)10-13-9-5-6(12)3-4-15(9)14-10/h1-2,6H,3-5,12H2. The molecular formula is C10H11BrN4O. The second kappa shape index (κ2) is 3.71. The molecule has 0 saturated carbocycles. The number of furan rings is 1. The minimum absolute atomic E-state index is 0.202. The molecule has 1 atom stereocenters. The second-order valence-electron chi connectivity index (χ2n) is 3.93. The topological polar surface area (TPSA) is 69.9 Å². The number of nitrogens with two attached hydrogens (primary N) is 1. The Bertz CT molecular complexity index is 519. The van der Waals surface area contributed by atoms with Crippen LogP contribution in [0.2, 0.25) is 0 Å². The zero-order valence-electron chi connectivity index (χ0n) is 8.56. The van der Waals surface area contributed by atoms with Gasteiger partial charge in [0.1, 0.15) is 5.82 Å². The van der Waals surface area contributed by atoms with Gasteiger partial charge in [0.05, 0.1) is 0 Å². The van der Waals surface area contributed by atoms with E-state index in [1.54, 1.807) is 0 Å². The Morgan fingerprint density at radius 1 is 1.50 bits per heavy atom. The number of fused-ring (bicyclic) bond motifs is 1. The van der Waals surface area contributed by atoms with Gasteiger partial charge in [0.15, 0.2) is 10.4 Å². The summed E-state index contributed by atoms with van der Waals surface area (Å²) < 4.78 is 8.02. The first-order valence-corrected chi connectivity index (χ1v) is 5.96. The van der Waals surface area contributed by atoms with Crippen molar-refractivity contribution in [1.82, 2.24) is 14.8 Å². The molecule has 0 saturated heterocycles. The van der Waals surface area contributed by atoms with Gasteiger partial charge in [0.2, 0.25) is 5.82 Å². The van der Waals surface area contributed by atoms with Crippen LogP contribution in [0.3, 0.4) is 0 Å². The summed E-state index contributed by atoms with van der Waals surface area (Å²) in [6.07, 6.45) is 1.74. The Hall–Kier alpha value is -1.14. The van der Waals surface area contributed by atoms with Gasteiger partial charge in [0, 0.05) is 19.0 Å². The maximum Gasteiger partial charge on any atom is 0.217 e. The third-order valence-corrected chi connectivity index (χ3v) is 3.12. The normalized spacial score (nSPS) is 19.8. The lowest BCUT2D eigenvalue weighted by Crippen LogP contribution is -2.31. The number of rotatable bonds is 1. The summed E-state index contributed by atoms with van der Waals surface area (Å²) in [6.45, 7) is 0.839. The van der Waals surface area contributed by atoms with Crippen molar-refractivity contribution in [2.75, 3.05) is 0 Å². The number of halogens is 1. The summed E-state index contributed by atoms with van der Waals surface area (Å²) in [6, 6.07) is 3.89. The van der Waals surface area contributed by atoms with Gasteiger partial charge in [0.25, 0.3) is 0 Å². The molecule has 2 N–H and O–H groups in total. The molecule has 0 aliphatic carbocycles. The van der Waals surface area contributed by atoms with Crippen molar-refractivity contribution >= 4 is 15.9 Å². The monoisotopic (exact) mass is 282 g/mol. The molecule has 3 rings (SSSR count). The molecule has 0 aromatic carbocycles. The Morgan fingerprint density at radius 2 is 2.38 bits per heavy atom. The molecule has 16 heavy (non-hydrogen) atoms. The molecule has 84 valence electrons. The highest BCUT2D eigenvalue weighted by Crippen LogP contribution is 2.23. The summed E-state index contributed by atoms with van der Waals surface area (Å²) in [5.74, 6) is 2.26. The van der Waals surface area contributed by atoms with E-state index in [1.165, 1.54) is 0 Å². The molecule has 5 nitrogen and oxygen atoms in total. The quantitative estimate of drug-likeness (QED) is 0.862. The molecule has 0 bridgehead atoms. The molecule has 1 unspecified atom stereocenters. The van der Waals surface area contributed by atoms with E-state index < -0.39 is 0 Å². The zero-order valence-corrected chi connectivity index (χ0v) is 10.1. The fourth-order valence-electron chi connectivity index (χ4n) is 1.87. The van der Waals surface area contributed by atoms with Gasteiger partial charge >= 0.3 is 0 Å². The van der Waals surface area contributed by atoms with Crippen molar-refractivity contribution in [2.24, 2.45) is 5.73 Å². The summed E-state index contributed by atoms with van der Waals surface area (Å²) in [4.78, 5) is 4.44. The van der Waals surface area contributed by atoms with E-state index in [1.807, 2.05) is 16.8 Å². The van der Waals surface area contributed by atoms with Crippen LogP contribution in [0.15, 0.2) is 21.2 Å². The van der Waals surface area contributed by atoms with Gasteiger partial charge in [-0.05, 0) is 34.5 Å². The van der Waals surface area contributed by atoms with E-state index in [0.717, 1.165) is 25.2 Å². The molecule has 2 aromatic heterocycles. The third kappa shape index (κ3) is 1.68. The van der Waals surface area contributed by atoms with Crippen LogP contribution in [0.4, 0.5) is 0 Å². The van der Waals surface area contributed by atoms with Crippen LogP contribution < -0.4 is 5.73 Å². The van der Waals surface area contributed by atoms with Crippen LogP contribution in [0, 0.1) is 0 Å². The molecule has 0 amide bonds. The summed E-state index contributed by atoms with van der Waals surface area (Å²) in [5, 5.41) is 4.40. The van der Waals surface area contributed by atoms with Crippen LogP contribution in [0.25, 0.3) is 11.6 Å². The van der Waals surface area contributed by atoms with Crippen molar-refractivity contribution < 1.29 is 4.42 Å². The largest absolute Gasteiger partial charge is 0.446 e. The Morgan fingerprint density at radius 3 is 3.12 bits per heavy atom. The van der Waals surface area contributed by atoms with Crippen LogP contribution in [0.5, 0.6) is 0 Å². The minimum Gasteiger partial charge on any atom is -0.446 e. The molecule has 6 heteroatoms. The van der Waals surface area contributed by atoms with Gasteiger partial charge < -0.3 is 10.2 Å². The lowest BCUT2D eigenvalue weighted by atomic mass is 10.1. The van der Waals surface area contributed by atoms with Gasteiger partial charge in [-0.15, -0.1) is 5.10 Å². The minimum atomic E-state index is 0.202. The molecule has 3 heterocycles. The number of hydrogen-bond acceptors (Lipinski definition) is 4. The van der Waals surface area contributed by atoms with Gasteiger partial charge in [-0.25, -0.2) is 9.67 Å². The average Bonchev–Trinajstić information content (AvgIpc) is 2.83. The Balaban J connectivity index is 1.98. The average molecular weight is 283 g/mol. The highest BCUT2D eigenvalue weighted by Gasteiger charge is 2.20. The summed E-state index contributed by atoms with van der Waals surface area (Å²) >= 11 is 3.26. The first-order valence-electron chi connectivity index (χ1n) is 5.17. The number of hydrogen-bond donors (Lipinski definition) is 1. The molecule has 2 aromatic rings. The molecule has 0 fully saturated rings. The lowest BCUT2D eigenvalue weighted by Gasteiger charge is -2.17. The highest BCUT2D eigenvalue weighted by molar-refractivity contribution is 9.10. The van der Waals surface area contributed by atoms with Crippen LogP contribution in [-0.2, 0) is 13.0 Å². The van der Waals surface area contributed by atoms with Crippen LogP contribution in [0.1, 0.15) is 12.2 Å². The molecule has 1 aliphatic heterocycles. The van der Waals surface area contributed by atoms with Gasteiger partial charge in [-0.1, -0.05) is 0 Å². The first kappa shape index (κ1) is 10.0. The van der Waals surface area contributed by atoms with E-state index in [-0.39, 0.29) is 6.04 Å². The molecule has 1 aliphatic rings. The summed E-state index contributed by atoms with van der Waals surface area (Å²) in [5.41, 5.74) is 5.89. The van der Waals surface area contributed by atoms with E-state index in [4.69, 9.17) is 10.2 Å². The van der Waals surface area contributed by atoms with Gasteiger partial charge in [-0.3, -0.25) is 0 Å². The number of aromatic nitrogens is 3. The fourth-order valence-corrected chi connectivity index (χ4v) is 2.17. The van der Waals surface area contributed by atoms with Crippen molar-refractivity contribution in [1.29, 1.82) is 0 Å². The smallest absolute Gasteiger partial charge is 0.217 e. The van der Waals surface area contributed by atoms with Crippen molar-refractivity contribution in [3.05, 3.63) is 22.6 Å². The van der Waals surface area contributed by atoms with E-state index in [9.17, 15) is 0 Å². The number of aryl methyl sites for hydroxylation is 1. The van der Waals surface area contributed by atoms with Crippen LogP contribution in [-0.4, -0.2) is 20.8 Å². The zero-order chi connectivity index (χ0) is 11.1. The Kier molecular flexibility index (Phi) is 2.33. The fraction of sp³-hybridized carbons (Fsp3) is 0.400. The maximum absolute atomic E-state index is 5.89. The van der Waals surface area contributed by atoms with Crippen molar-refractivity contribution in [2.45, 2.75) is 25.4 Å². The maximum atomic E-state index is 5.89. The van der Waals surface area contributed by atoms with E-state index in [2.05, 4.69) is 26.0 Å². The molecular weight excluding hydrogens is 272 g/mol. The van der Waals surface area contributed by atoms with Crippen molar-refractivity contribution in [3.8, 4) is 11.6 Å². The highest BCUT2D eigenvalue weighted by atomic mass is 79.9. The third-order valence-electron chi connectivity index (χ3n) is 2.70. The predicted molar refractivity (Wildman–Crippen MR) is 61.7 cm³/mol. The molecule has 0 radical (unpaired) electrons. The first-order chi connectivity index (χ1) is 7.72. The van der Waals surface area contributed by atoms with E-state index in [0.29, 0.717) is 16.3 Å². The van der Waals surface area contributed by atoms with Gasteiger partial charge in [-0.2, -0.15) is 0 Å². The van der Waals surface area contributed by atoms with Crippen LogP contribution >= 0.6 is 15.9 Å². The predicted octanol–water partition coefficient (Wildman–Crippen LogP) is 1.57. The van der Waals surface area contributed by atoms with E-state index >= 15 is 0 Å². The lowest BCUT2D eigenvalue weighted by molar-refractivity contribution is 0.432. The van der Waals surface area contributed by atoms with Crippen molar-refractivity contribution in [3.63, 3.8) is 0 Å².